The number of phosphoric ester groups is 1. The molecule has 5 N–H and O–H groups in total. The second-order valence-corrected chi connectivity index (χ2v) is 21.8. The number of halogens is 2. The predicted molar refractivity (Wildman–Crippen MR) is 268 cm³/mol. The van der Waals surface area contributed by atoms with E-state index in [2.05, 4.69) is 5.32 Å². The maximum atomic E-state index is 15.1. The van der Waals surface area contributed by atoms with E-state index < -0.39 is 54.4 Å². The molecule has 0 saturated heterocycles. The molecule has 20 heteroatoms. The molecule has 3 aliphatic heterocycles. The number of benzene rings is 4. The van der Waals surface area contributed by atoms with Gasteiger partial charge in [0.25, 0.3) is 17.7 Å². The molecule has 17 nitrogen and oxygen atoms in total. The average Bonchev–Trinajstić information content (AvgIpc) is 3.98. The van der Waals surface area contributed by atoms with E-state index in [9.17, 15) is 43.1 Å². The molecule has 2 bridgehead atoms. The van der Waals surface area contributed by atoms with E-state index in [0.29, 0.717) is 57.9 Å². The summed E-state index contributed by atoms with van der Waals surface area (Å²) in [5.74, 6) is -3.65. The van der Waals surface area contributed by atoms with Crippen molar-refractivity contribution in [3.05, 3.63) is 83.9 Å². The molecule has 0 unspecified atom stereocenters. The van der Waals surface area contributed by atoms with Crippen molar-refractivity contribution in [2.45, 2.75) is 89.6 Å². The van der Waals surface area contributed by atoms with Crippen molar-refractivity contribution >= 4 is 111 Å². The van der Waals surface area contributed by atoms with Crippen LogP contribution in [-0.2, 0) is 38.1 Å². The zero-order valence-electron chi connectivity index (χ0n) is 39.4. The lowest BCUT2D eigenvalue weighted by atomic mass is 9.34. The van der Waals surface area contributed by atoms with Gasteiger partial charge in [0.1, 0.15) is 17.8 Å². The number of amides is 7. The molecular formula is C51H55Cl2N6O11P. The number of primary amides is 1. The lowest BCUT2D eigenvalue weighted by Crippen LogP contribution is -2.73. The molecule has 0 aromatic heterocycles. The maximum Gasteiger partial charge on any atom is 0.524 e. The largest absolute Gasteiger partial charge is 0.524 e. The van der Waals surface area contributed by atoms with Crippen LogP contribution in [0.1, 0.15) is 88.7 Å². The summed E-state index contributed by atoms with van der Waals surface area (Å²) in [4.78, 5) is 120. The molecule has 0 radical (unpaired) electrons. The Bertz CT molecular complexity index is 2980. The Morgan fingerprint density at radius 1 is 0.789 bits per heavy atom. The van der Waals surface area contributed by atoms with Crippen molar-refractivity contribution < 1.29 is 52.4 Å². The summed E-state index contributed by atoms with van der Waals surface area (Å²) < 4.78 is 17.2. The topological polar surface area (TPSA) is 237 Å². The number of carbonyl (C=O) groups is 7. The van der Waals surface area contributed by atoms with E-state index in [1.54, 1.807) is 60.0 Å². The summed E-state index contributed by atoms with van der Waals surface area (Å²) in [5, 5.41) is 5.34. The lowest BCUT2D eigenvalue weighted by Gasteiger charge is -2.69. The first kappa shape index (κ1) is 50.1. The summed E-state index contributed by atoms with van der Waals surface area (Å²) in [6, 6.07) is 15.3. The fourth-order valence-electron chi connectivity index (χ4n) is 11.6. The molecule has 0 spiro atoms. The van der Waals surface area contributed by atoms with Gasteiger partial charge in [-0.3, -0.25) is 53.1 Å². The third-order valence-electron chi connectivity index (χ3n) is 15.0. The van der Waals surface area contributed by atoms with Crippen molar-refractivity contribution in [2.24, 2.45) is 22.5 Å². The normalized spacial score (nSPS) is 22.8. The molecule has 3 heterocycles. The van der Waals surface area contributed by atoms with Gasteiger partial charge >= 0.3 is 7.82 Å². The third kappa shape index (κ3) is 8.77. The third-order valence-corrected chi connectivity index (χ3v) is 16.2. The van der Waals surface area contributed by atoms with Crippen LogP contribution in [0.2, 0.25) is 0 Å². The van der Waals surface area contributed by atoms with E-state index in [1.165, 1.54) is 30.0 Å². The SMILES string of the molecule is CC(C)[C@H](NC(=O)CCCCCN1C(=O)C=CC1=O)C(=O)N(c1cc2c(c3ccccc13)[C@H](CCl)CN2C(=O)C12CC(C(=O)N3C[C@@H](CCl)c4c3cc(OP(=O)(O)O)c3ccccc43)(C1)C2)[C@@H](C)C(N)=O. The second-order valence-electron chi connectivity index (χ2n) is 20.0. The van der Waals surface area contributed by atoms with Gasteiger partial charge in [-0.1, -0.05) is 68.8 Å². The van der Waals surface area contributed by atoms with Crippen LogP contribution in [0.4, 0.5) is 17.1 Å². The van der Waals surface area contributed by atoms with Crippen molar-refractivity contribution in [1.29, 1.82) is 0 Å². The Labute approximate surface area is 419 Å². The minimum Gasteiger partial charge on any atom is -0.404 e. The van der Waals surface area contributed by atoms with Crippen LogP contribution in [0, 0.1) is 16.7 Å². The quantitative estimate of drug-likeness (QED) is 0.0363. The second kappa shape index (κ2) is 19.0. The smallest absolute Gasteiger partial charge is 0.404 e. The summed E-state index contributed by atoms with van der Waals surface area (Å²) in [6.45, 7) is 5.77. The minimum atomic E-state index is -4.98. The number of rotatable bonds is 18. The van der Waals surface area contributed by atoms with Crippen LogP contribution in [0.25, 0.3) is 21.5 Å². The number of nitrogens with one attached hydrogen (secondary N) is 1. The number of carbonyl (C=O) groups excluding carboxylic acids is 7. The fourth-order valence-corrected chi connectivity index (χ4v) is 12.5. The van der Waals surface area contributed by atoms with Gasteiger partial charge in [0.15, 0.2) is 0 Å². The molecule has 4 aromatic rings. The van der Waals surface area contributed by atoms with Gasteiger partial charge in [-0.05, 0) is 72.9 Å². The van der Waals surface area contributed by atoms with Crippen molar-refractivity contribution in [1.82, 2.24) is 10.2 Å². The van der Waals surface area contributed by atoms with Crippen LogP contribution in [0.5, 0.6) is 5.75 Å². The summed E-state index contributed by atoms with van der Waals surface area (Å²) in [6.07, 6.45) is 4.80. The number of unbranched alkanes of at least 4 members (excludes halogenated alkanes) is 2. The van der Waals surface area contributed by atoms with Gasteiger partial charge in [-0.2, -0.15) is 0 Å². The monoisotopic (exact) mass is 1030 g/mol. The van der Waals surface area contributed by atoms with Crippen LogP contribution in [0.3, 0.4) is 0 Å². The predicted octanol–water partition coefficient (Wildman–Crippen LogP) is 6.51. The number of nitrogens with two attached hydrogens (primary N) is 1. The highest BCUT2D eigenvalue weighted by Crippen LogP contribution is 2.75. The molecule has 3 fully saturated rings. The first-order valence-corrected chi connectivity index (χ1v) is 26.4. The molecule has 71 heavy (non-hydrogen) atoms. The number of fused-ring (bicyclic) bond motifs is 6. The van der Waals surface area contributed by atoms with Gasteiger partial charge in [0, 0.05) is 84.3 Å². The van der Waals surface area contributed by atoms with Gasteiger partial charge in [0.05, 0.1) is 22.2 Å². The number of hydrogen-bond acceptors (Lipinski definition) is 9. The van der Waals surface area contributed by atoms with Gasteiger partial charge < -0.3 is 25.4 Å². The highest BCUT2D eigenvalue weighted by atomic mass is 35.5. The van der Waals surface area contributed by atoms with Crippen molar-refractivity contribution in [3.63, 3.8) is 0 Å². The van der Waals surface area contributed by atoms with E-state index in [4.69, 9.17) is 33.5 Å². The summed E-state index contributed by atoms with van der Waals surface area (Å²) >= 11 is 13.2. The van der Waals surface area contributed by atoms with Crippen LogP contribution >= 0.6 is 31.0 Å². The molecular weight excluding hydrogens is 974 g/mol. The van der Waals surface area contributed by atoms with Crippen LogP contribution in [0.15, 0.2) is 72.8 Å². The molecule has 4 aromatic carbocycles. The molecule has 374 valence electrons. The number of alkyl halides is 2. The van der Waals surface area contributed by atoms with Gasteiger partial charge in [-0.25, -0.2) is 4.57 Å². The maximum absolute atomic E-state index is 15.1. The Hall–Kier alpha value is -5.84. The van der Waals surface area contributed by atoms with Gasteiger partial charge in [0.2, 0.25) is 23.6 Å². The van der Waals surface area contributed by atoms with Crippen LogP contribution < -0.4 is 30.3 Å². The fraction of sp³-hybridized carbons (Fsp3) is 0.431. The van der Waals surface area contributed by atoms with E-state index in [1.807, 2.05) is 18.2 Å². The van der Waals surface area contributed by atoms with E-state index >= 15 is 4.79 Å². The zero-order valence-corrected chi connectivity index (χ0v) is 41.8. The number of nitrogens with zero attached hydrogens (tertiary/aromatic N) is 4. The highest BCUT2D eigenvalue weighted by molar-refractivity contribution is 7.46. The molecule has 4 atom stereocenters. The molecule has 3 aliphatic carbocycles. The van der Waals surface area contributed by atoms with Gasteiger partial charge in [-0.15, -0.1) is 23.2 Å². The zero-order chi connectivity index (χ0) is 50.9. The molecule has 3 saturated carbocycles. The van der Waals surface area contributed by atoms with E-state index in [-0.39, 0.29) is 98.3 Å². The number of phosphoric acid groups is 1. The Morgan fingerprint density at radius 3 is 1.80 bits per heavy atom. The highest BCUT2D eigenvalue weighted by Gasteiger charge is 2.76. The first-order valence-electron chi connectivity index (χ1n) is 23.8. The molecule has 7 amide bonds. The number of anilines is 3. The Balaban J connectivity index is 0.973. The molecule has 6 aliphatic rings. The lowest BCUT2D eigenvalue weighted by molar-refractivity contribution is -0.205. The van der Waals surface area contributed by atoms with Crippen molar-refractivity contribution in [2.75, 3.05) is 46.1 Å². The number of hydrogen-bond donors (Lipinski definition) is 4. The summed E-state index contributed by atoms with van der Waals surface area (Å²) in [7, 11) is -4.98. The van der Waals surface area contributed by atoms with E-state index in [0.717, 1.165) is 16.0 Å². The standard InChI is InChI=1S/C51H55Cl2N6O11P/c1-28(2)45(55-40(60)15-5-4-10-18-56-41(61)16-17-42(56)62)47(64)59(29(3)46(54)63)36-19-37-43(34-13-8-6-11-32(34)36)30(21-52)23-57(37)48(65)50-25-51(26-50,27-50)49(66)58-24-31(22-53)44-35-14-9-7-12-33(35)39(20-38(44)58)70-71(67,68)69/h6-9,11-14,16-17,19-20,28-31,45H,4-5,10,15,18,21-27H2,1-3H3,(H2,54,63)(H,55,60)(H2,67,68,69)/t29-,30+,31+,45-,50?,51?/m0/s1. The minimum absolute atomic E-state index is 0.0666. The average molecular weight is 1030 g/mol. The Morgan fingerprint density at radius 2 is 1.30 bits per heavy atom. The van der Waals surface area contributed by atoms with Crippen LogP contribution in [-0.4, -0.2) is 99.5 Å². The van der Waals surface area contributed by atoms with Crippen molar-refractivity contribution in [3.8, 4) is 5.75 Å². The first-order chi connectivity index (χ1) is 33.7. The summed E-state index contributed by atoms with van der Waals surface area (Å²) in [5.41, 5.74) is 7.07. The molecule has 10 rings (SSSR count). The number of imide groups is 1. The Kier molecular flexibility index (Phi) is 13.4.